The van der Waals surface area contributed by atoms with Crippen LogP contribution in [0.15, 0.2) is 36.9 Å². The highest BCUT2D eigenvalue weighted by Gasteiger charge is 2.27. The molecule has 0 bridgehead atoms. The number of halogens is 4. The van der Waals surface area contributed by atoms with E-state index in [-0.39, 0.29) is 6.54 Å². The van der Waals surface area contributed by atoms with Crippen LogP contribution in [-0.4, -0.2) is 43.1 Å². The molecule has 0 aliphatic heterocycles. The zero-order chi connectivity index (χ0) is 19.9. The molecule has 2 N–H and O–H groups in total. The summed E-state index contributed by atoms with van der Waals surface area (Å²) < 4.78 is 38.2. The second-order valence-electron chi connectivity index (χ2n) is 6.05. The van der Waals surface area contributed by atoms with Gasteiger partial charge in [-0.3, -0.25) is 9.78 Å². The summed E-state index contributed by atoms with van der Waals surface area (Å²) in [6.07, 6.45) is 1.89. The standard InChI is InChI=1S/C17H12ClF3N6O/c18-9-3-10-11(5-24-15(10)23-4-9)13-6-22-12-1-2-27(16(12)26-13)7-14(28)25-8-17(19,20)21/h1-6H,7-8H2,(H,23,24)(H,25,28). The number of pyridine rings is 1. The number of H-pyrrole nitrogens is 1. The second-order valence-corrected chi connectivity index (χ2v) is 6.49. The van der Waals surface area contributed by atoms with Crippen LogP contribution in [0, 0.1) is 0 Å². The van der Waals surface area contributed by atoms with E-state index in [1.165, 1.54) is 10.8 Å². The van der Waals surface area contributed by atoms with E-state index >= 15 is 0 Å². The van der Waals surface area contributed by atoms with Crippen molar-refractivity contribution in [2.24, 2.45) is 0 Å². The lowest BCUT2D eigenvalue weighted by atomic mass is 10.1. The van der Waals surface area contributed by atoms with Crippen molar-refractivity contribution in [3.8, 4) is 11.3 Å². The molecule has 11 heteroatoms. The number of rotatable bonds is 4. The number of fused-ring (bicyclic) bond motifs is 2. The van der Waals surface area contributed by atoms with Crippen LogP contribution in [0.1, 0.15) is 0 Å². The highest BCUT2D eigenvalue weighted by molar-refractivity contribution is 6.31. The van der Waals surface area contributed by atoms with E-state index in [2.05, 4.69) is 19.9 Å². The van der Waals surface area contributed by atoms with Crippen molar-refractivity contribution in [3.63, 3.8) is 0 Å². The molecule has 0 aliphatic carbocycles. The third kappa shape index (κ3) is 3.63. The van der Waals surface area contributed by atoms with Gasteiger partial charge in [0.1, 0.15) is 24.3 Å². The van der Waals surface area contributed by atoms with E-state index in [0.29, 0.717) is 33.1 Å². The molecule has 4 aromatic heterocycles. The number of carbonyl (C=O) groups is 1. The van der Waals surface area contributed by atoms with Crippen LogP contribution in [0.4, 0.5) is 13.2 Å². The Morgan fingerprint density at radius 2 is 2.11 bits per heavy atom. The smallest absolute Gasteiger partial charge is 0.345 e. The zero-order valence-electron chi connectivity index (χ0n) is 14.1. The Morgan fingerprint density at radius 3 is 2.89 bits per heavy atom. The monoisotopic (exact) mass is 408 g/mol. The van der Waals surface area contributed by atoms with Gasteiger partial charge in [0.15, 0.2) is 5.65 Å². The second kappa shape index (κ2) is 6.79. The van der Waals surface area contributed by atoms with Gasteiger partial charge >= 0.3 is 6.18 Å². The predicted molar refractivity (Wildman–Crippen MR) is 96.7 cm³/mol. The third-order valence-electron chi connectivity index (χ3n) is 4.04. The Kier molecular flexibility index (Phi) is 4.42. The summed E-state index contributed by atoms with van der Waals surface area (Å²) in [6, 6.07) is 3.38. The molecule has 0 aromatic carbocycles. The lowest BCUT2D eigenvalue weighted by Crippen LogP contribution is -2.35. The van der Waals surface area contributed by atoms with Gasteiger partial charge in [0.05, 0.1) is 16.9 Å². The quantitative estimate of drug-likeness (QED) is 0.542. The maximum absolute atomic E-state index is 12.3. The fourth-order valence-electron chi connectivity index (χ4n) is 2.81. The van der Waals surface area contributed by atoms with Gasteiger partial charge in [-0.2, -0.15) is 13.2 Å². The molecule has 0 fully saturated rings. The fraction of sp³-hybridized carbons (Fsp3) is 0.176. The third-order valence-corrected chi connectivity index (χ3v) is 4.25. The minimum Gasteiger partial charge on any atom is -0.345 e. The first kappa shape index (κ1) is 18.2. The number of hydrogen-bond acceptors (Lipinski definition) is 4. The first-order valence-corrected chi connectivity index (χ1v) is 8.46. The minimum atomic E-state index is -4.47. The van der Waals surface area contributed by atoms with Crippen LogP contribution < -0.4 is 5.32 Å². The molecule has 7 nitrogen and oxygen atoms in total. The number of hydrogen-bond donors (Lipinski definition) is 2. The maximum atomic E-state index is 12.3. The van der Waals surface area contributed by atoms with Crippen molar-refractivity contribution in [2.75, 3.05) is 6.54 Å². The molecular formula is C17H12ClF3N6O. The number of aromatic amines is 1. The average molecular weight is 409 g/mol. The van der Waals surface area contributed by atoms with Crippen LogP contribution in [0.25, 0.3) is 33.5 Å². The van der Waals surface area contributed by atoms with E-state index in [4.69, 9.17) is 11.6 Å². The van der Waals surface area contributed by atoms with Crippen LogP contribution >= 0.6 is 11.6 Å². The van der Waals surface area contributed by atoms with Crippen molar-refractivity contribution in [1.82, 2.24) is 29.8 Å². The van der Waals surface area contributed by atoms with Crippen molar-refractivity contribution in [2.45, 2.75) is 12.7 Å². The fourth-order valence-corrected chi connectivity index (χ4v) is 2.96. The van der Waals surface area contributed by atoms with Crippen LogP contribution in [0.5, 0.6) is 0 Å². The van der Waals surface area contributed by atoms with Gasteiger partial charge in [-0.15, -0.1) is 0 Å². The van der Waals surface area contributed by atoms with Gasteiger partial charge in [0.2, 0.25) is 5.91 Å². The number of nitrogens with one attached hydrogen (secondary N) is 2. The molecule has 0 aliphatic rings. The molecular weight excluding hydrogens is 397 g/mol. The summed E-state index contributed by atoms with van der Waals surface area (Å²) in [5, 5.41) is 3.05. The number of nitrogens with zero attached hydrogens (tertiary/aromatic N) is 4. The van der Waals surface area contributed by atoms with Crippen LogP contribution in [0.3, 0.4) is 0 Å². The highest BCUT2D eigenvalue weighted by Crippen LogP contribution is 2.28. The molecule has 4 heterocycles. The maximum Gasteiger partial charge on any atom is 0.405 e. The molecule has 0 saturated carbocycles. The lowest BCUT2D eigenvalue weighted by molar-refractivity contribution is -0.138. The van der Waals surface area contributed by atoms with Crippen molar-refractivity contribution in [3.05, 3.63) is 41.9 Å². The average Bonchev–Trinajstić information content (AvgIpc) is 3.23. The molecule has 0 atom stereocenters. The van der Waals surface area contributed by atoms with Crippen LogP contribution in [0.2, 0.25) is 5.02 Å². The van der Waals surface area contributed by atoms with Crippen LogP contribution in [-0.2, 0) is 11.3 Å². The molecule has 0 unspecified atom stereocenters. The minimum absolute atomic E-state index is 0.307. The summed E-state index contributed by atoms with van der Waals surface area (Å²) in [5.41, 5.74) is 2.75. The molecule has 4 aromatic rings. The van der Waals surface area contributed by atoms with E-state index in [0.717, 1.165) is 5.39 Å². The van der Waals surface area contributed by atoms with E-state index in [1.54, 1.807) is 30.7 Å². The number of carbonyl (C=O) groups excluding carboxylic acids is 1. The SMILES string of the molecule is O=C(Cn1ccc2ncc(-c3c[nH]c4ncc(Cl)cc34)nc21)NCC(F)(F)F. The summed E-state index contributed by atoms with van der Waals surface area (Å²) in [6.45, 7) is -1.69. The molecule has 0 spiro atoms. The normalized spacial score (nSPS) is 12.0. The molecule has 4 rings (SSSR count). The zero-order valence-corrected chi connectivity index (χ0v) is 14.8. The van der Waals surface area contributed by atoms with Crippen molar-refractivity contribution in [1.29, 1.82) is 0 Å². The van der Waals surface area contributed by atoms with Crippen molar-refractivity contribution < 1.29 is 18.0 Å². The van der Waals surface area contributed by atoms with E-state index < -0.39 is 18.6 Å². The Labute approximate surface area is 160 Å². The van der Waals surface area contributed by atoms with Gasteiger partial charge < -0.3 is 14.9 Å². The van der Waals surface area contributed by atoms with Gasteiger partial charge in [-0.1, -0.05) is 11.6 Å². The Morgan fingerprint density at radius 1 is 1.29 bits per heavy atom. The van der Waals surface area contributed by atoms with E-state index in [9.17, 15) is 18.0 Å². The number of amides is 1. The van der Waals surface area contributed by atoms with Gasteiger partial charge in [-0.05, 0) is 12.1 Å². The van der Waals surface area contributed by atoms with E-state index in [1.807, 2.05) is 5.32 Å². The predicted octanol–water partition coefficient (Wildman–Crippen LogP) is 3.31. The summed E-state index contributed by atoms with van der Waals surface area (Å²) >= 11 is 6.02. The molecule has 1 amide bonds. The van der Waals surface area contributed by atoms with Gasteiger partial charge in [0.25, 0.3) is 0 Å². The molecule has 0 saturated heterocycles. The largest absolute Gasteiger partial charge is 0.405 e. The van der Waals surface area contributed by atoms with Crippen molar-refractivity contribution >= 4 is 39.7 Å². The number of alkyl halides is 3. The summed E-state index contributed by atoms with van der Waals surface area (Å²) in [7, 11) is 0. The van der Waals surface area contributed by atoms with Gasteiger partial charge in [-0.25, -0.2) is 9.97 Å². The Balaban J connectivity index is 1.66. The first-order valence-electron chi connectivity index (χ1n) is 8.08. The topological polar surface area (TPSA) is 88.5 Å². The Hall–Kier alpha value is -3.14. The summed E-state index contributed by atoms with van der Waals surface area (Å²) in [5.74, 6) is -0.773. The molecule has 144 valence electrons. The summed E-state index contributed by atoms with van der Waals surface area (Å²) in [4.78, 5) is 27.9. The highest BCUT2D eigenvalue weighted by atomic mass is 35.5. The lowest BCUT2D eigenvalue weighted by Gasteiger charge is -2.09. The Bertz CT molecular complexity index is 1180. The first-order chi connectivity index (χ1) is 13.3. The molecule has 0 radical (unpaired) electrons. The van der Waals surface area contributed by atoms with Gasteiger partial charge in [0, 0.05) is 29.5 Å². The molecule has 28 heavy (non-hydrogen) atoms. The number of aromatic nitrogens is 5.